The number of amides is 3. The monoisotopic (exact) mass is 288 g/mol. The van der Waals surface area contributed by atoms with E-state index in [0.29, 0.717) is 25.7 Å². The molecule has 0 aromatic rings. The van der Waals surface area contributed by atoms with E-state index in [0.717, 1.165) is 0 Å². The summed E-state index contributed by atoms with van der Waals surface area (Å²) in [6.07, 6.45) is 1.67. The van der Waals surface area contributed by atoms with Gasteiger partial charge >= 0.3 is 0 Å². The zero-order valence-corrected chi connectivity index (χ0v) is 11.1. The number of hydrogen-bond acceptors (Lipinski definition) is 6. The highest BCUT2D eigenvalue weighted by atomic mass is 16.5. The van der Waals surface area contributed by atoms with Crippen LogP contribution >= 0.6 is 0 Å². The molecule has 9 heteroatoms. The number of nitrogens with one attached hydrogen (secondary N) is 2. The lowest BCUT2D eigenvalue weighted by Crippen LogP contribution is -2.43. The molecule has 0 saturated carbocycles. The normalized spacial score (nSPS) is 11.4. The van der Waals surface area contributed by atoms with Crippen molar-refractivity contribution in [3.63, 3.8) is 0 Å². The summed E-state index contributed by atoms with van der Waals surface area (Å²) in [5.41, 5.74) is 10.1. The Balaban J connectivity index is 3.82. The summed E-state index contributed by atoms with van der Waals surface area (Å²) in [4.78, 5) is 43.7. The highest BCUT2D eigenvalue weighted by molar-refractivity contribution is 5.86. The number of carbonyl (C=O) groups is 4. The maximum absolute atomic E-state index is 11.4. The molecule has 0 heterocycles. The van der Waals surface area contributed by atoms with Gasteiger partial charge in [0.15, 0.2) is 0 Å². The molecule has 114 valence electrons. The molecule has 0 unspecified atom stereocenters. The zero-order chi connectivity index (χ0) is 15.4. The molecule has 0 rings (SSSR count). The number of rotatable bonds is 11. The van der Waals surface area contributed by atoms with Crippen molar-refractivity contribution < 1.29 is 23.9 Å². The summed E-state index contributed by atoms with van der Waals surface area (Å²) in [5.74, 6) is -1.75. The third-order valence-electron chi connectivity index (χ3n) is 2.15. The van der Waals surface area contributed by atoms with Gasteiger partial charge in [-0.1, -0.05) is 0 Å². The average molecular weight is 288 g/mol. The molecule has 0 aliphatic heterocycles. The van der Waals surface area contributed by atoms with E-state index in [4.69, 9.17) is 11.5 Å². The van der Waals surface area contributed by atoms with Gasteiger partial charge in [0.05, 0.1) is 12.6 Å². The van der Waals surface area contributed by atoms with Crippen LogP contribution in [0.1, 0.15) is 12.8 Å². The molecule has 0 spiro atoms. The lowest BCUT2D eigenvalue weighted by molar-refractivity contribution is -0.131. The highest BCUT2D eigenvalue weighted by Gasteiger charge is 2.11. The molecule has 0 aliphatic carbocycles. The molecule has 0 bridgehead atoms. The number of ether oxygens (including phenoxy) is 1. The van der Waals surface area contributed by atoms with Crippen LogP contribution in [-0.4, -0.2) is 56.4 Å². The molecular formula is C11H20N4O5. The van der Waals surface area contributed by atoms with E-state index in [2.05, 4.69) is 15.4 Å². The predicted molar refractivity (Wildman–Crippen MR) is 69.3 cm³/mol. The topological polar surface area (TPSA) is 154 Å². The first-order valence-electron chi connectivity index (χ1n) is 6.07. The van der Waals surface area contributed by atoms with Gasteiger partial charge in [-0.15, -0.1) is 0 Å². The fraction of sp³-hybridized carbons (Fsp3) is 0.636. The number of primary amides is 1. The van der Waals surface area contributed by atoms with Gasteiger partial charge in [-0.2, -0.15) is 0 Å². The van der Waals surface area contributed by atoms with Crippen LogP contribution in [0.3, 0.4) is 0 Å². The van der Waals surface area contributed by atoms with E-state index in [1.807, 2.05) is 0 Å². The first-order valence-corrected chi connectivity index (χ1v) is 6.07. The second kappa shape index (κ2) is 10.9. The van der Waals surface area contributed by atoms with Crippen LogP contribution in [0.5, 0.6) is 0 Å². The lowest BCUT2D eigenvalue weighted by Gasteiger charge is -2.12. The molecule has 0 saturated heterocycles. The van der Waals surface area contributed by atoms with Crippen LogP contribution in [0.2, 0.25) is 0 Å². The van der Waals surface area contributed by atoms with Crippen molar-refractivity contribution in [2.75, 3.05) is 26.3 Å². The van der Waals surface area contributed by atoms with Gasteiger partial charge in [-0.05, 0) is 19.4 Å². The SMILES string of the molecule is NCCC[C@@H](C=O)NC(=O)CNC(=O)COCC(N)=O. The van der Waals surface area contributed by atoms with Gasteiger partial charge in [-0.3, -0.25) is 14.4 Å². The Morgan fingerprint density at radius 1 is 1.20 bits per heavy atom. The predicted octanol–water partition coefficient (Wildman–Crippen LogP) is -2.97. The maximum atomic E-state index is 11.4. The van der Waals surface area contributed by atoms with Gasteiger partial charge in [0.2, 0.25) is 17.7 Å². The van der Waals surface area contributed by atoms with Crippen LogP contribution < -0.4 is 22.1 Å². The summed E-state index contributed by atoms with van der Waals surface area (Å²) in [7, 11) is 0. The Kier molecular flexibility index (Phi) is 9.79. The fourth-order valence-corrected chi connectivity index (χ4v) is 1.24. The van der Waals surface area contributed by atoms with E-state index in [9.17, 15) is 19.2 Å². The second-order valence-electron chi connectivity index (χ2n) is 3.98. The van der Waals surface area contributed by atoms with Crippen molar-refractivity contribution in [1.82, 2.24) is 10.6 Å². The van der Waals surface area contributed by atoms with E-state index < -0.39 is 23.8 Å². The molecular weight excluding hydrogens is 268 g/mol. The standard InChI is InChI=1S/C11H20N4O5/c12-3-1-2-8(5-16)15-10(18)4-14-11(19)7-20-6-9(13)17/h5,8H,1-4,6-7,12H2,(H2,13,17)(H,14,19)(H,15,18)/t8-/m0/s1. The van der Waals surface area contributed by atoms with Crippen LogP contribution in [0.4, 0.5) is 0 Å². The Morgan fingerprint density at radius 3 is 2.45 bits per heavy atom. The quantitative estimate of drug-likeness (QED) is 0.298. The average Bonchev–Trinajstić information content (AvgIpc) is 2.40. The number of aldehydes is 1. The largest absolute Gasteiger partial charge is 0.368 e. The lowest BCUT2D eigenvalue weighted by atomic mass is 10.2. The van der Waals surface area contributed by atoms with E-state index in [1.165, 1.54) is 0 Å². The van der Waals surface area contributed by atoms with Gasteiger partial charge in [0, 0.05) is 0 Å². The van der Waals surface area contributed by atoms with E-state index in [-0.39, 0.29) is 19.8 Å². The fourth-order valence-electron chi connectivity index (χ4n) is 1.24. The molecule has 20 heavy (non-hydrogen) atoms. The Labute approximate surface area is 116 Å². The minimum Gasteiger partial charge on any atom is -0.368 e. The molecule has 0 aromatic heterocycles. The van der Waals surface area contributed by atoms with E-state index in [1.54, 1.807) is 0 Å². The summed E-state index contributed by atoms with van der Waals surface area (Å²) in [6, 6.07) is -0.617. The first kappa shape index (κ1) is 18.0. The summed E-state index contributed by atoms with van der Waals surface area (Å²) in [6.45, 7) is -0.605. The van der Waals surface area contributed by atoms with Crippen LogP contribution in [-0.2, 0) is 23.9 Å². The van der Waals surface area contributed by atoms with Crippen molar-refractivity contribution in [3.05, 3.63) is 0 Å². The molecule has 1 atom stereocenters. The second-order valence-corrected chi connectivity index (χ2v) is 3.98. The molecule has 0 aromatic carbocycles. The Hall–Kier alpha value is -2.00. The van der Waals surface area contributed by atoms with Crippen molar-refractivity contribution >= 4 is 24.0 Å². The molecule has 6 N–H and O–H groups in total. The van der Waals surface area contributed by atoms with Gasteiger partial charge < -0.3 is 31.6 Å². The van der Waals surface area contributed by atoms with Gasteiger partial charge in [0.25, 0.3) is 0 Å². The van der Waals surface area contributed by atoms with Gasteiger partial charge in [-0.25, -0.2) is 0 Å². The molecule has 0 radical (unpaired) electrons. The molecule has 9 nitrogen and oxygen atoms in total. The Bertz CT molecular complexity index is 348. The maximum Gasteiger partial charge on any atom is 0.246 e. The van der Waals surface area contributed by atoms with Crippen molar-refractivity contribution in [2.45, 2.75) is 18.9 Å². The van der Waals surface area contributed by atoms with Crippen molar-refractivity contribution in [3.8, 4) is 0 Å². The number of nitrogens with two attached hydrogens (primary N) is 2. The minimum absolute atomic E-state index is 0.286. The van der Waals surface area contributed by atoms with Crippen LogP contribution in [0, 0.1) is 0 Å². The van der Waals surface area contributed by atoms with Gasteiger partial charge in [0.1, 0.15) is 19.5 Å². The number of carbonyl (C=O) groups excluding carboxylic acids is 4. The summed E-state index contributed by atoms with van der Waals surface area (Å²) in [5, 5.41) is 4.71. The van der Waals surface area contributed by atoms with Crippen molar-refractivity contribution in [1.29, 1.82) is 0 Å². The highest BCUT2D eigenvalue weighted by Crippen LogP contribution is 1.92. The zero-order valence-electron chi connectivity index (χ0n) is 11.1. The number of hydrogen-bond donors (Lipinski definition) is 4. The summed E-state index contributed by atoms with van der Waals surface area (Å²) >= 11 is 0. The summed E-state index contributed by atoms with van der Waals surface area (Å²) < 4.78 is 4.66. The third kappa shape index (κ3) is 9.97. The van der Waals surface area contributed by atoms with E-state index >= 15 is 0 Å². The van der Waals surface area contributed by atoms with Crippen LogP contribution in [0.15, 0.2) is 0 Å². The first-order chi connectivity index (χ1) is 9.49. The third-order valence-corrected chi connectivity index (χ3v) is 2.15. The molecule has 0 fully saturated rings. The molecule has 3 amide bonds. The molecule has 0 aliphatic rings. The minimum atomic E-state index is -0.690. The Morgan fingerprint density at radius 2 is 1.90 bits per heavy atom. The van der Waals surface area contributed by atoms with Crippen molar-refractivity contribution in [2.24, 2.45) is 11.5 Å². The smallest absolute Gasteiger partial charge is 0.246 e. The van der Waals surface area contributed by atoms with Crippen LogP contribution in [0.25, 0.3) is 0 Å².